The summed E-state index contributed by atoms with van der Waals surface area (Å²) in [4.78, 5) is 28.6. The monoisotopic (exact) mass is 352 g/mol. The Morgan fingerprint density at radius 1 is 1.33 bits per heavy atom. The molecule has 0 unspecified atom stereocenters. The topological polar surface area (TPSA) is 62.4 Å². The van der Waals surface area contributed by atoms with Crippen LogP contribution in [0.5, 0.6) is 0 Å². The Morgan fingerprint density at radius 3 is 2.58 bits per heavy atom. The zero-order valence-corrected chi connectivity index (χ0v) is 14.6. The molecule has 0 spiro atoms. The summed E-state index contributed by atoms with van der Waals surface area (Å²) in [5, 5.41) is 0.0598. The molecule has 0 saturated heterocycles. The molecule has 0 aliphatic heterocycles. The Kier molecular flexibility index (Phi) is 5.29. The fourth-order valence-electron chi connectivity index (χ4n) is 2.53. The van der Waals surface area contributed by atoms with Gasteiger partial charge in [0, 0.05) is 19.3 Å². The molecule has 128 valence electrons. The molecule has 5 nitrogen and oxygen atoms in total. The lowest BCUT2D eigenvalue weighted by Gasteiger charge is -2.19. The second-order valence-corrected chi connectivity index (χ2v) is 5.89. The third-order valence-electron chi connectivity index (χ3n) is 3.90. The number of hydrogen-bond donors (Lipinski definition) is 1. The number of aromatic nitrogens is 1. The lowest BCUT2D eigenvalue weighted by atomic mass is 10.1. The molecule has 0 radical (unpaired) electrons. The van der Waals surface area contributed by atoms with Gasteiger partial charge in [0.1, 0.15) is 11.5 Å². The summed E-state index contributed by atoms with van der Waals surface area (Å²) < 4.78 is 18.6. The minimum Gasteiger partial charge on any atom is -0.464 e. The van der Waals surface area contributed by atoms with E-state index >= 15 is 0 Å². The number of aryl methyl sites for hydroxylation is 1. The number of methoxy groups -OCH3 is 1. The number of esters is 1. The molecule has 0 atom stereocenters. The molecule has 1 heterocycles. The van der Waals surface area contributed by atoms with Crippen molar-refractivity contribution in [1.29, 1.82) is 0 Å². The predicted octanol–water partition coefficient (Wildman–Crippen LogP) is 3.48. The van der Waals surface area contributed by atoms with Crippen molar-refractivity contribution in [2.75, 3.05) is 14.2 Å². The first-order valence-corrected chi connectivity index (χ1v) is 7.61. The Balaban J connectivity index is 2.30. The molecule has 0 saturated carbocycles. The lowest BCUT2D eigenvalue weighted by molar-refractivity contribution is 0.0593. The first-order valence-electron chi connectivity index (χ1n) is 7.23. The molecule has 1 N–H and O–H groups in total. The third kappa shape index (κ3) is 3.28. The van der Waals surface area contributed by atoms with E-state index in [1.54, 1.807) is 20.9 Å². The van der Waals surface area contributed by atoms with Gasteiger partial charge in [-0.2, -0.15) is 0 Å². The fourth-order valence-corrected chi connectivity index (χ4v) is 2.78. The van der Waals surface area contributed by atoms with Crippen LogP contribution < -0.4 is 0 Å². The van der Waals surface area contributed by atoms with Crippen LogP contribution in [-0.2, 0) is 11.3 Å². The Hall–Kier alpha value is -2.34. The van der Waals surface area contributed by atoms with E-state index in [9.17, 15) is 14.0 Å². The highest BCUT2D eigenvalue weighted by Gasteiger charge is 2.23. The number of ether oxygens (including phenoxy) is 1. The van der Waals surface area contributed by atoms with E-state index in [1.165, 1.54) is 30.2 Å². The number of rotatable bonds is 4. The molecule has 0 aliphatic carbocycles. The standard InChI is InChI=1S/C17H18ClFN2O3/c1-9-11(10(2)20-15(9)17(23)24-4)8-21(3)16(22)14-12(18)6-5-7-13(14)19/h5-7,20H,8H2,1-4H3. The van der Waals surface area contributed by atoms with E-state index in [0.717, 1.165) is 11.3 Å². The van der Waals surface area contributed by atoms with E-state index in [1.807, 2.05) is 0 Å². The average Bonchev–Trinajstić information content (AvgIpc) is 2.81. The van der Waals surface area contributed by atoms with Crippen LogP contribution in [0.15, 0.2) is 18.2 Å². The molecule has 2 aromatic rings. The normalized spacial score (nSPS) is 10.6. The fraction of sp³-hybridized carbons (Fsp3) is 0.294. The summed E-state index contributed by atoms with van der Waals surface area (Å²) in [6.07, 6.45) is 0. The van der Waals surface area contributed by atoms with Crippen molar-refractivity contribution in [3.8, 4) is 0 Å². The Morgan fingerprint density at radius 2 is 2.00 bits per heavy atom. The van der Waals surface area contributed by atoms with Crippen LogP contribution in [0.3, 0.4) is 0 Å². The van der Waals surface area contributed by atoms with Gasteiger partial charge >= 0.3 is 5.97 Å². The first-order chi connectivity index (χ1) is 11.3. The quantitative estimate of drug-likeness (QED) is 0.857. The first kappa shape index (κ1) is 18.0. The maximum Gasteiger partial charge on any atom is 0.354 e. The number of halogens is 2. The summed E-state index contributed by atoms with van der Waals surface area (Å²) in [6, 6.07) is 4.10. The van der Waals surface area contributed by atoms with Crippen LogP contribution >= 0.6 is 11.6 Å². The maximum absolute atomic E-state index is 13.9. The van der Waals surface area contributed by atoms with Crippen molar-refractivity contribution in [2.24, 2.45) is 0 Å². The molecule has 24 heavy (non-hydrogen) atoms. The highest BCUT2D eigenvalue weighted by Crippen LogP contribution is 2.24. The second-order valence-electron chi connectivity index (χ2n) is 5.48. The van der Waals surface area contributed by atoms with E-state index in [0.29, 0.717) is 11.3 Å². The van der Waals surface area contributed by atoms with Gasteiger partial charge in [-0.3, -0.25) is 4.79 Å². The van der Waals surface area contributed by atoms with Crippen LogP contribution in [0.25, 0.3) is 0 Å². The van der Waals surface area contributed by atoms with Gasteiger partial charge < -0.3 is 14.6 Å². The van der Waals surface area contributed by atoms with Gasteiger partial charge in [-0.1, -0.05) is 17.7 Å². The summed E-state index contributed by atoms with van der Waals surface area (Å²) in [5.74, 6) is -1.68. The molecular formula is C17H18ClFN2O3. The average molecular weight is 353 g/mol. The minimum atomic E-state index is -0.669. The molecule has 1 aromatic heterocycles. The van der Waals surface area contributed by atoms with E-state index in [-0.39, 0.29) is 17.1 Å². The number of carbonyl (C=O) groups is 2. The van der Waals surface area contributed by atoms with Gasteiger partial charge in [-0.15, -0.1) is 0 Å². The van der Waals surface area contributed by atoms with Crippen LogP contribution in [0, 0.1) is 19.7 Å². The van der Waals surface area contributed by atoms with Crippen molar-refractivity contribution in [2.45, 2.75) is 20.4 Å². The van der Waals surface area contributed by atoms with Gasteiger partial charge in [0.25, 0.3) is 5.91 Å². The summed E-state index contributed by atoms with van der Waals surface area (Å²) in [7, 11) is 2.85. The van der Waals surface area contributed by atoms with Gasteiger partial charge in [-0.05, 0) is 37.1 Å². The van der Waals surface area contributed by atoms with Crippen molar-refractivity contribution < 1.29 is 18.7 Å². The number of aromatic amines is 1. The number of hydrogen-bond acceptors (Lipinski definition) is 3. The van der Waals surface area contributed by atoms with Crippen molar-refractivity contribution >= 4 is 23.5 Å². The van der Waals surface area contributed by atoms with Gasteiger partial charge in [0.05, 0.1) is 17.7 Å². The molecule has 1 aromatic carbocycles. The highest BCUT2D eigenvalue weighted by atomic mass is 35.5. The minimum absolute atomic E-state index is 0.0598. The van der Waals surface area contributed by atoms with Crippen molar-refractivity contribution in [3.63, 3.8) is 0 Å². The van der Waals surface area contributed by atoms with Crippen LogP contribution in [0.1, 0.15) is 37.7 Å². The molecule has 0 fully saturated rings. The summed E-state index contributed by atoms with van der Waals surface area (Å²) in [5.41, 5.74) is 2.39. The van der Waals surface area contributed by atoms with Gasteiger partial charge in [0.2, 0.25) is 0 Å². The summed E-state index contributed by atoms with van der Waals surface area (Å²) >= 11 is 5.94. The number of amides is 1. The molecule has 7 heteroatoms. The van der Waals surface area contributed by atoms with E-state index in [4.69, 9.17) is 16.3 Å². The third-order valence-corrected chi connectivity index (χ3v) is 4.22. The largest absolute Gasteiger partial charge is 0.464 e. The second kappa shape index (κ2) is 7.05. The molecular weight excluding hydrogens is 335 g/mol. The zero-order valence-electron chi connectivity index (χ0n) is 13.9. The SMILES string of the molecule is COC(=O)c1[nH]c(C)c(CN(C)C(=O)c2c(F)cccc2Cl)c1C. The van der Waals surface area contributed by atoms with Gasteiger partial charge in [-0.25, -0.2) is 9.18 Å². The predicted molar refractivity (Wildman–Crippen MR) is 88.8 cm³/mol. The summed E-state index contributed by atoms with van der Waals surface area (Å²) in [6.45, 7) is 3.76. The number of nitrogens with zero attached hydrogens (tertiary/aromatic N) is 1. The molecule has 2 rings (SSSR count). The molecule has 0 aliphatic rings. The maximum atomic E-state index is 13.9. The number of carbonyl (C=O) groups excluding carboxylic acids is 2. The van der Waals surface area contributed by atoms with Gasteiger partial charge in [0.15, 0.2) is 0 Å². The molecule has 1 amide bonds. The number of H-pyrrole nitrogens is 1. The Labute approximate surface area is 144 Å². The number of nitrogens with one attached hydrogen (secondary N) is 1. The van der Waals surface area contributed by atoms with Crippen LogP contribution in [-0.4, -0.2) is 35.9 Å². The van der Waals surface area contributed by atoms with Crippen molar-refractivity contribution in [3.05, 3.63) is 57.1 Å². The number of benzene rings is 1. The molecule has 0 bridgehead atoms. The smallest absolute Gasteiger partial charge is 0.354 e. The van der Waals surface area contributed by atoms with Crippen LogP contribution in [0.4, 0.5) is 4.39 Å². The zero-order chi connectivity index (χ0) is 18.0. The van der Waals surface area contributed by atoms with Crippen LogP contribution in [0.2, 0.25) is 5.02 Å². The van der Waals surface area contributed by atoms with E-state index in [2.05, 4.69) is 4.98 Å². The van der Waals surface area contributed by atoms with E-state index < -0.39 is 17.7 Å². The Bertz CT molecular complexity index is 781. The highest BCUT2D eigenvalue weighted by molar-refractivity contribution is 6.33. The van der Waals surface area contributed by atoms with Crippen molar-refractivity contribution in [1.82, 2.24) is 9.88 Å². The lowest BCUT2D eigenvalue weighted by Crippen LogP contribution is -2.27.